The molecule has 5 heteroatoms. The molecule has 16 heavy (non-hydrogen) atoms. The summed E-state index contributed by atoms with van der Waals surface area (Å²) < 4.78 is 11.8. The van der Waals surface area contributed by atoms with Gasteiger partial charge in [-0.3, -0.25) is 0 Å². The van der Waals surface area contributed by atoms with Crippen molar-refractivity contribution in [2.75, 3.05) is 13.2 Å². The van der Waals surface area contributed by atoms with E-state index >= 15 is 0 Å². The number of hydrogen-bond donors (Lipinski definition) is 1. The number of aliphatic hydroxyl groups excluding tert-OH is 1. The minimum Gasteiger partial charge on any atom is -0.475 e. The molecule has 1 unspecified atom stereocenters. The van der Waals surface area contributed by atoms with Gasteiger partial charge in [-0.1, -0.05) is 0 Å². The molecule has 2 rings (SSSR count). The Morgan fingerprint density at radius 2 is 2.50 bits per heavy atom. The Morgan fingerprint density at radius 1 is 1.62 bits per heavy atom. The summed E-state index contributed by atoms with van der Waals surface area (Å²) in [7, 11) is 0. The molecule has 2 heterocycles. The van der Waals surface area contributed by atoms with E-state index in [0.717, 1.165) is 23.9 Å². The number of ether oxygens (including phenoxy) is 2. The van der Waals surface area contributed by atoms with Crippen LogP contribution in [-0.2, 0) is 11.3 Å². The van der Waals surface area contributed by atoms with E-state index in [1.807, 2.05) is 0 Å². The lowest BCUT2D eigenvalue weighted by Gasteiger charge is -2.12. The first-order valence-electron chi connectivity index (χ1n) is 5.29. The smallest absolute Gasteiger partial charge is 0.219 e. The number of aliphatic hydroxyl groups is 1. The van der Waals surface area contributed by atoms with Crippen molar-refractivity contribution in [3.63, 3.8) is 0 Å². The topological polar surface area (TPSA) is 51.6 Å². The zero-order valence-electron chi connectivity index (χ0n) is 8.86. The molecule has 0 amide bonds. The van der Waals surface area contributed by atoms with Gasteiger partial charge in [-0.05, 0) is 34.8 Å². The minimum absolute atomic E-state index is 0.0761. The van der Waals surface area contributed by atoms with Gasteiger partial charge in [0, 0.05) is 22.8 Å². The van der Waals surface area contributed by atoms with E-state index in [0.29, 0.717) is 18.1 Å². The van der Waals surface area contributed by atoms with Gasteiger partial charge in [-0.15, -0.1) is 0 Å². The molecule has 0 radical (unpaired) electrons. The molecule has 0 spiro atoms. The average molecular weight is 288 g/mol. The van der Waals surface area contributed by atoms with Crippen molar-refractivity contribution in [2.24, 2.45) is 0 Å². The van der Waals surface area contributed by atoms with E-state index in [1.54, 1.807) is 12.3 Å². The van der Waals surface area contributed by atoms with Crippen LogP contribution < -0.4 is 4.74 Å². The first-order valence-corrected chi connectivity index (χ1v) is 6.08. The fourth-order valence-corrected chi connectivity index (χ4v) is 2.04. The number of nitrogens with zero attached hydrogens (tertiary/aromatic N) is 1. The number of halogens is 1. The summed E-state index contributed by atoms with van der Waals surface area (Å²) >= 11 is 3.30. The van der Waals surface area contributed by atoms with Crippen LogP contribution in [0.4, 0.5) is 0 Å². The largest absolute Gasteiger partial charge is 0.475 e. The van der Waals surface area contributed by atoms with Crippen LogP contribution in [-0.4, -0.2) is 29.4 Å². The van der Waals surface area contributed by atoms with Gasteiger partial charge in [0.05, 0.1) is 12.7 Å². The van der Waals surface area contributed by atoms with Crippen molar-refractivity contribution in [3.05, 3.63) is 22.3 Å². The number of aromatic nitrogens is 1. The Kier molecular flexibility index (Phi) is 4.15. The van der Waals surface area contributed by atoms with E-state index in [4.69, 9.17) is 14.6 Å². The first-order chi connectivity index (χ1) is 7.79. The van der Waals surface area contributed by atoms with Crippen LogP contribution in [0.3, 0.4) is 0 Å². The third-order valence-electron chi connectivity index (χ3n) is 2.49. The van der Waals surface area contributed by atoms with Crippen LogP contribution in [0.5, 0.6) is 5.88 Å². The predicted molar refractivity (Wildman–Crippen MR) is 62.3 cm³/mol. The van der Waals surface area contributed by atoms with Crippen LogP contribution in [0.15, 0.2) is 16.7 Å². The normalized spacial score (nSPS) is 20.0. The summed E-state index contributed by atoms with van der Waals surface area (Å²) in [6.07, 6.45) is 3.95. The van der Waals surface area contributed by atoms with Crippen molar-refractivity contribution in [1.29, 1.82) is 0 Å². The van der Waals surface area contributed by atoms with E-state index in [9.17, 15) is 0 Å². The molecular formula is C11H14BrNO3. The number of pyridine rings is 1. The maximum Gasteiger partial charge on any atom is 0.219 e. The molecule has 1 atom stereocenters. The lowest BCUT2D eigenvalue weighted by Crippen LogP contribution is -2.17. The fourth-order valence-electron chi connectivity index (χ4n) is 1.66. The Hall–Kier alpha value is -0.650. The third kappa shape index (κ3) is 2.93. The molecule has 1 aromatic rings. The average Bonchev–Trinajstić information content (AvgIpc) is 2.80. The van der Waals surface area contributed by atoms with Crippen molar-refractivity contribution < 1.29 is 14.6 Å². The second-order valence-corrected chi connectivity index (χ2v) is 4.64. The quantitative estimate of drug-likeness (QED) is 0.919. The molecule has 0 saturated carbocycles. The summed E-state index contributed by atoms with van der Waals surface area (Å²) in [6, 6.07) is 1.80. The Morgan fingerprint density at radius 3 is 3.19 bits per heavy atom. The van der Waals surface area contributed by atoms with Gasteiger partial charge in [-0.25, -0.2) is 4.98 Å². The van der Waals surface area contributed by atoms with Gasteiger partial charge in [0.25, 0.3) is 0 Å². The van der Waals surface area contributed by atoms with Crippen molar-refractivity contribution in [1.82, 2.24) is 4.98 Å². The monoisotopic (exact) mass is 287 g/mol. The van der Waals surface area contributed by atoms with Gasteiger partial charge >= 0.3 is 0 Å². The maximum atomic E-state index is 9.16. The van der Waals surface area contributed by atoms with Gasteiger partial charge < -0.3 is 14.6 Å². The summed E-state index contributed by atoms with van der Waals surface area (Å²) in [5.74, 6) is 0.487. The van der Waals surface area contributed by atoms with E-state index in [1.165, 1.54) is 0 Å². The van der Waals surface area contributed by atoms with Gasteiger partial charge in [0.15, 0.2) is 0 Å². The van der Waals surface area contributed by atoms with Crippen LogP contribution in [0.25, 0.3) is 0 Å². The summed E-state index contributed by atoms with van der Waals surface area (Å²) in [4.78, 5) is 4.13. The molecule has 1 saturated heterocycles. The molecule has 88 valence electrons. The number of rotatable bonds is 4. The fraction of sp³-hybridized carbons (Fsp3) is 0.545. The van der Waals surface area contributed by atoms with Crippen molar-refractivity contribution in [2.45, 2.75) is 25.6 Å². The highest BCUT2D eigenvalue weighted by molar-refractivity contribution is 9.10. The molecule has 0 aromatic carbocycles. The molecule has 1 fully saturated rings. The molecule has 1 aliphatic rings. The molecule has 1 N–H and O–H groups in total. The lowest BCUT2D eigenvalue weighted by atomic mass is 10.2. The Bertz CT molecular complexity index is 353. The van der Waals surface area contributed by atoms with E-state index in [2.05, 4.69) is 20.9 Å². The molecule has 0 bridgehead atoms. The van der Waals surface area contributed by atoms with Crippen molar-refractivity contribution in [3.8, 4) is 5.88 Å². The second kappa shape index (κ2) is 5.61. The predicted octanol–water partition coefficient (Wildman–Crippen LogP) is 1.89. The highest BCUT2D eigenvalue weighted by Gasteiger charge is 2.17. The minimum atomic E-state index is -0.0761. The Balaban J connectivity index is 1.97. The molecular weight excluding hydrogens is 274 g/mol. The zero-order chi connectivity index (χ0) is 11.4. The summed E-state index contributed by atoms with van der Waals surface area (Å²) in [6.45, 7) is 1.24. The second-order valence-electron chi connectivity index (χ2n) is 3.72. The molecule has 0 aliphatic carbocycles. The van der Waals surface area contributed by atoms with Crippen LogP contribution in [0.2, 0.25) is 0 Å². The van der Waals surface area contributed by atoms with Crippen molar-refractivity contribution >= 4 is 15.9 Å². The van der Waals surface area contributed by atoms with Gasteiger partial charge in [-0.2, -0.15) is 0 Å². The van der Waals surface area contributed by atoms with Crippen LogP contribution in [0.1, 0.15) is 18.4 Å². The van der Waals surface area contributed by atoms with E-state index < -0.39 is 0 Å². The molecule has 1 aromatic heterocycles. The zero-order valence-corrected chi connectivity index (χ0v) is 10.4. The number of hydrogen-bond acceptors (Lipinski definition) is 4. The summed E-state index contributed by atoms with van der Waals surface area (Å²) in [5.41, 5.74) is 0.687. The van der Waals surface area contributed by atoms with Gasteiger partial charge in [0.2, 0.25) is 5.88 Å². The summed E-state index contributed by atoms with van der Waals surface area (Å²) in [5, 5.41) is 9.16. The third-order valence-corrected chi connectivity index (χ3v) is 2.93. The van der Waals surface area contributed by atoms with Crippen LogP contribution >= 0.6 is 15.9 Å². The first kappa shape index (κ1) is 11.8. The highest BCUT2D eigenvalue weighted by atomic mass is 79.9. The SMILES string of the molecule is OCc1cc(Br)cnc1OCC1CCCO1. The van der Waals surface area contributed by atoms with E-state index in [-0.39, 0.29) is 12.7 Å². The molecule has 1 aliphatic heterocycles. The Labute approximate surface area is 103 Å². The highest BCUT2D eigenvalue weighted by Crippen LogP contribution is 2.21. The lowest BCUT2D eigenvalue weighted by molar-refractivity contribution is 0.0654. The standard InChI is InChI=1S/C11H14BrNO3/c12-9-4-8(6-14)11(13-5-9)16-7-10-2-1-3-15-10/h4-5,10,14H,1-3,6-7H2. The van der Waals surface area contributed by atoms with Gasteiger partial charge in [0.1, 0.15) is 6.61 Å². The van der Waals surface area contributed by atoms with Crippen LogP contribution in [0, 0.1) is 0 Å². The maximum absolute atomic E-state index is 9.16. The molecule has 4 nitrogen and oxygen atoms in total.